The molecule has 0 bridgehead atoms. The van der Waals surface area contributed by atoms with Gasteiger partial charge in [0.2, 0.25) is 0 Å². The van der Waals surface area contributed by atoms with Crippen LogP contribution in [0.2, 0.25) is 0 Å². The molecule has 0 saturated carbocycles. The Labute approximate surface area is 124 Å². The molecule has 21 heavy (non-hydrogen) atoms. The number of H-pyrrole nitrogens is 1. The summed E-state index contributed by atoms with van der Waals surface area (Å²) >= 11 is 0. The van der Waals surface area contributed by atoms with E-state index in [1.165, 1.54) is 17.5 Å². The Morgan fingerprint density at radius 1 is 1.14 bits per heavy atom. The molecule has 0 saturated heterocycles. The number of aromatic amines is 1. The molecule has 0 radical (unpaired) electrons. The maximum atomic E-state index is 4.67. The largest absolute Gasteiger partial charge is 0.370 e. The highest BCUT2D eigenvalue weighted by Gasteiger charge is 2.11. The first-order valence-electron chi connectivity index (χ1n) is 7.43. The van der Waals surface area contributed by atoms with Gasteiger partial charge in [0.1, 0.15) is 11.5 Å². The summed E-state index contributed by atoms with van der Waals surface area (Å²) in [5.74, 6) is 0.929. The van der Waals surface area contributed by atoms with E-state index in [1.807, 2.05) is 24.5 Å². The van der Waals surface area contributed by atoms with Crippen molar-refractivity contribution in [2.24, 2.45) is 0 Å². The van der Waals surface area contributed by atoms with Gasteiger partial charge >= 0.3 is 0 Å². The Morgan fingerprint density at radius 2 is 1.95 bits per heavy atom. The fourth-order valence-electron chi connectivity index (χ4n) is 2.58. The Morgan fingerprint density at radius 3 is 2.71 bits per heavy atom. The molecular formula is C17H20N4. The van der Waals surface area contributed by atoms with Crippen LogP contribution in [0.5, 0.6) is 0 Å². The van der Waals surface area contributed by atoms with E-state index in [4.69, 9.17) is 0 Å². The molecule has 2 N–H and O–H groups in total. The lowest BCUT2D eigenvalue weighted by Crippen LogP contribution is -2.02. The van der Waals surface area contributed by atoms with Crippen LogP contribution < -0.4 is 5.32 Å². The van der Waals surface area contributed by atoms with E-state index in [0.29, 0.717) is 0 Å². The summed E-state index contributed by atoms with van der Waals surface area (Å²) in [6.45, 7) is 5.24. The van der Waals surface area contributed by atoms with Crippen molar-refractivity contribution < 1.29 is 0 Å². The van der Waals surface area contributed by atoms with Crippen LogP contribution in [0.25, 0.3) is 22.2 Å². The summed E-state index contributed by atoms with van der Waals surface area (Å²) in [7, 11) is 0. The van der Waals surface area contributed by atoms with Crippen LogP contribution in [-0.4, -0.2) is 21.5 Å². The van der Waals surface area contributed by atoms with Crippen molar-refractivity contribution in [2.45, 2.75) is 26.7 Å². The topological polar surface area (TPSA) is 53.6 Å². The minimum atomic E-state index is 0.929. The normalized spacial score (nSPS) is 11.0. The minimum absolute atomic E-state index is 0.929. The number of rotatable bonds is 5. The van der Waals surface area contributed by atoms with E-state index in [9.17, 15) is 0 Å². The molecule has 0 atom stereocenters. The van der Waals surface area contributed by atoms with Crippen LogP contribution in [0.1, 0.15) is 25.5 Å². The van der Waals surface area contributed by atoms with Gasteiger partial charge in [0, 0.05) is 35.6 Å². The van der Waals surface area contributed by atoms with Crippen LogP contribution in [-0.2, 0) is 0 Å². The average molecular weight is 280 g/mol. The Kier molecular flexibility index (Phi) is 3.86. The second-order valence-electron chi connectivity index (χ2n) is 5.23. The summed E-state index contributed by atoms with van der Waals surface area (Å²) in [5.41, 5.74) is 4.44. The lowest BCUT2D eigenvalue weighted by molar-refractivity contribution is 0.831. The van der Waals surface area contributed by atoms with Crippen LogP contribution >= 0.6 is 0 Å². The number of hydrogen-bond acceptors (Lipinski definition) is 3. The van der Waals surface area contributed by atoms with Crippen molar-refractivity contribution in [3.8, 4) is 11.1 Å². The Balaban J connectivity index is 1.98. The van der Waals surface area contributed by atoms with Crippen LogP contribution in [0.4, 0.5) is 5.82 Å². The van der Waals surface area contributed by atoms with Gasteiger partial charge in [-0.2, -0.15) is 0 Å². The number of aromatic nitrogens is 3. The molecule has 4 heteroatoms. The molecule has 0 aliphatic carbocycles. The summed E-state index contributed by atoms with van der Waals surface area (Å²) < 4.78 is 0. The van der Waals surface area contributed by atoms with Crippen molar-refractivity contribution in [2.75, 3.05) is 11.9 Å². The second kappa shape index (κ2) is 5.95. The standard InChI is InChI=1S/C17H20N4/c1-3-4-9-19-15-6-5-14-16(12(2)20-17(14)21-15)13-7-10-18-11-8-13/h5-8,10-11H,3-4,9H2,1-2H3,(H2,19,20,21). The number of fused-ring (bicyclic) bond motifs is 1. The number of pyridine rings is 2. The molecule has 3 rings (SSSR count). The molecule has 0 amide bonds. The predicted octanol–water partition coefficient (Wildman–Crippen LogP) is 4.15. The highest BCUT2D eigenvalue weighted by atomic mass is 15.0. The molecule has 0 fully saturated rings. The van der Waals surface area contributed by atoms with Gasteiger partial charge in [-0.25, -0.2) is 4.98 Å². The third-order valence-corrected chi connectivity index (χ3v) is 3.65. The van der Waals surface area contributed by atoms with E-state index in [1.54, 1.807) is 0 Å². The summed E-state index contributed by atoms with van der Waals surface area (Å²) in [4.78, 5) is 12.1. The Bertz CT molecular complexity index is 731. The number of nitrogens with zero attached hydrogens (tertiary/aromatic N) is 2. The lowest BCUT2D eigenvalue weighted by Gasteiger charge is -2.05. The first-order valence-corrected chi connectivity index (χ1v) is 7.43. The van der Waals surface area contributed by atoms with E-state index in [-0.39, 0.29) is 0 Å². The molecule has 3 aromatic heterocycles. The van der Waals surface area contributed by atoms with Crippen molar-refractivity contribution in [1.82, 2.24) is 15.0 Å². The molecule has 0 aromatic carbocycles. The van der Waals surface area contributed by atoms with E-state index < -0.39 is 0 Å². The third kappa shape index (κ3) is 2.75. The van der Waals surface area contributed by atoms with Gasteiger partial charge in [-0.15, -0.1) is 0 Å². The van der Waals surface area contributed by atoms with Gasteiger partial charge in [0.25, 0.3) is 0 Å². The molecule has 3 heterocycles. The zero-order valence-electron chi connectivity index (χ0n) is 12.5. The first kappa shape index (κ1) is 13.6. The van der Waals surface area contributed by atoms with E-state index >= 15 is 0 Å². The molecule has 0 aliphatic heterocycles. The molecule has 0 unspecified atom stereocenters. The smallest absolute Gasteiger partial charge is 0.140 e. The highest BCUT2D eigenvalue weighted by Crippen LogP contribution is 2.31. The number of hydrogen-bond donors (Lipinski definition) is 2. The van der Waals surface area contributed by atoms with Crippen LogP contribution in [0, 0.1) is 6.92 Å². The van der Waals surface area contributed by atoms with Gasteiger partial charge < -0.3 is 10.3 Å². The maximum absolute atomic E-state index is 4.67. The van der Waals surface area contributed by atoms with Crippen molar-refractivity contribution >= 4 is 16.9 Å². The molecule has 108 valence electrons. The number of anilines is 1. The SMILES string of the molecule is CCCCNc1ccc2c(-c3ccncc3)c(C)[nH]c2n1. The van der Waals surface area contributed by atoms with Crippen molar-refractivity contribution in [1.29, 1.82) is 0 Å². The van der Waals surface area contributed by atoms with E-state index in [0.717, 1.165) is 35.5 Å². The molecular weight excluding hydrogens is 260 g/mol. The van der Waals surface area contributed by atoms with E-state index in [2.05, 4.69) is 46.2 Å². The lowest BCUT2D eigenvalue weighted by atomic mass is 10.0. The van der Waals surface area contributed by atoms with Crippen molar-refractivity contribution in [3.63, 3.8) is 0 Å². The average Bonchev–Trinajstić information content (AvgIpc) is 2.83. The quantitative estimate of drug-likeness (QED) is 0.690. The molecule has 4 nitrogen and oxygen atoms in total. The molecule has 3 aromatic rings. The molecule has 0 spiro atoms. The van der Waals surface area contributed by atoms with Gasteiger partial charge in [0.15, 0.2) is 0 Å². The summed E-state index contributed by atoms with van der Waals surface area (Å²) in [6.07, 6.45) is 5.98. The molecule has 0 aliphatic rings. The summed E-state index contributed by atoms with van der Waals surface area (Å²) in [5, 5.41) is 4.52. The highest BCUT2D eigenvalue weighted by molar-refractivity contribution is 5.96. The summed E-state index contributed by atoms with van der Waals surface area (Å²) in [6, 6.07) is 8.25. The number of aryl methyl sites for hydroxylation is 1. The Hall–Kier alpha value is -2.36. The first-order chi connectivity index (χ1) is 10.3. The third-order valence-electron chi connectivity index (χ3n) is 3.65. The van der Waals surface area contributed by atoms with Gasteiger partial charge in [-0.05, 0) is 43.2 Å². The van der Waals surface area contributed by atoms with Crippen LogP contribution in [0.3, 0.4) is 0 Å². The zero-order valence-corrected chi connectivity index (χ0v) is 12.5. The number of nitrogens with one attached hydrogen (secondary N) is 2. The predicted molar refractivity (Wildman–Crippen MR) is 87.5 cm³/mol. The van der Waals surface area contributed by atoms with Gasteiger partial charge in [-0.3, -0.25) is 4.98 Å². The van der Waals surface area contributed by atoms with Gasteiger partial charge in [-0.1, -0.05) is 13.3 Å². The second-order valence-corrected chi connectivity index (χ2v) is 5.23. The van der Waals surface area contributed by atoms with Crippen LogP contribution in [0.15, 0.2) is 36.7 Å². The minimum Gasteiger partial charge on any atom is -0.370 e. The zero-order chi connectivity index (χ0) is 14.7. The number of unbranched alkanes of at least 4 members (excludes halogenated alkanes) is 1. The fraction of sp³-hybridized carbons (Fsp3) is 0.294. The van der Waals surface area contributed by atoms with Crippen molar-refractivity contribution in [3.05, 3.63) is 42.4 Å². The van der Waals surface area contributed by atoms with Gasteiger partial charge in [0.05, 0.1) is 0 Å². The fourth-order valence-corrected chi connectivity index (χ4v) is 2.58. The monoisotopic (exact) mass is 280 g/mol. The maximum Gasteiger partial charge on any atom is 0.140 e.